The number of hydrogen-bond donors (Lipinski definition) is 4. The molecule has 4 aliphatic carbocycles. The Hall–Kier alpha value is -3.92. The normalized spacial score (nSPS) is 20.2. The van der Waals surface area contributed by atoms with Crippen molar-refractivity contribution in [1.29, 1.82) is 0 Å². The molecule has 0 bridgehead atoms. The van der Waals surface area contributed by atoms with Gasteiger partial charge in [-0.25, -0.2) is 0 Å². The summed E-state index contributed by atoms with van der Waals surface area (Å²) in [6, 6.07) is 17.4. The first-order chi connectivity index (χ1) is 28.8. The van der Waals surface area contributed by atoms with Gasteiger partial charge in [-0.3, -0.25) is 0 Å². The first-order valence-electron chi connectivity index (χ1n) is 24.1. The molecule has 0 heterocycles. The topological polar surface area (TPSA) is 80.9 Å². The second-order valence-electron chi connectivity index (χ2n) is 21.0. The van der Waals surface area contributed by atoms with E-state index >= 15 is 0 Å². The molecule has 4 N–H and O–H groups in total. The Bertz CT molecular complexity index is 2020. The molecule has 322 valence electrons. The number of aryl methyl sites for hydroxylation is 4. The molecule has 4 heteroatoms. The lowest BCUT2D eigenvalue weighted by atomic mass is 9.65. The van der Waals surface area contributed by atoms with Gasteiger partial charge in [-0.2, -0.15) is 0 Å². The predicted molar refractivity (Wildman–Crippen MR) is 248 cm³/mol. The fourth-order valence-corrected chi connectivity index (χ4v) is 12.9. The summed E-state index contributed by atoms with van der Waals surface area (Å²) in [4.78, 5) is 0. The monoisotopic (exact) mass is 811 g/mol. The molecule has 0 aliphatic heterocycles. The molecule has 0 spiro atoms. The van der Waals surface area contributed by atoms with E-state index in [-0.39, 0.29) is 22.7 Å². The second-order valence-corrected chi connectivity index (χ2v) is 21.0. The zero-order chi connectivity index (χ0) is 42.3. The number of hydrogen-bond acceptors (Lipinski definition) is 4. The van der Waals surface area contributed by atoms with Crippen molar-refractivity contribution in [3.8, 4) is 23.0 Å². The molecular weight excluding hydrogens is 737 g/mol. The molecule has 0 saturated heterocycles. The van der Waals surface area contributed by atoms with Gasteiger partial charge < -0.3 is 20.4 Å². The standard InChI is InChI=1S/C56H74O4/c1-35-27-41(39-19-11-7-12-20-39)51(57)43(29-35)49(44-30-36(2)28-42(52(44)58)40-21-13-8-14-22-40)50(45-31-37(3)33-47(53(45)59)55(5)23-15-9-16-24-55)46-32-38(4)34-48(54(46)60)56(6)25-17-10-18-26-56/h27-34,39-40,49-50,57-60H,7-26H2,1-6H3. The summed E-state index contributed by atoms with van der Waals surface area (Å²) in [5.74, 6) is 0.485. The molecule has 0 unspecified atom stereocenters. The summed E-state index contributed by atoms with van der Waals surface area (Å²) >= 11 is 0. The van der Waals surface area contributed by atoms with Crippen molar-refractivity contribution in [3.05, 3.63) is 115 Å². The van der Waals surface area contributed by atoms with Crippen molar-refractivity contribution in [2.75, 3.05) is 0 Å². The van der Waals surface area contributed by atoms with Gasteiger partial charge in [0.2, 0.25) is 0 Å². The predicted octanol–water partition coefficient (Wildman–Crippen LogP) is 15.2. The third-order valence-corrected chi connectivity index (χ3v) is 16.2. The highest BCUT2D eigenvalue weighted by atomic mass is 16.3. The van der Waals surface area contributed by atoms with Crippen molar-refractivity contribution in [1.82, 2.24) is 0 Å². The molecule has 4 nitrogen and oxygen atoms in total. The maximum Gasteiger partial charge on any atom is 0.123 e. The largest absolute Gasteiger partial charge is 0.507 e. The Kier molecular flexibility index (Phi) is 12.4. The Morgan fingerprint density at radius 1 is 0.383 bits per heavy atom. The average molecular weight is 811 g/mol. The molecular formula is C56H74O4. The van der Waals surface area contributed by atoms with Crippen LogP contribution in [-0.4, -0.2) is 20.4 Å². The first-order valence-corrected chi connectivity index (χ1v) is 24.1. The minimum atomic E-state index is -0.625. The van der Waals surface area contributed by atoms with Crippen molar-refractivity contribution in [2.24, 2.45) is 0 Å². The minimum absolute atomic E-state index is 0.183. The van der Waals surface area contributed by atoms with E-state index in [0.717, 1.165) is 169 Å². The number of benzene rings is 4. The highest BCUT2D eigenvalue weighted by Crippen LogP contribution is 2.58. The van der Waals surface area contributed by atoms with Crippen LogP contribution in [0.1, 0.15) is 233 Å². The SMILES string of the molecule is Cc1cc(C2CCCCC2)c(O)c(C(c2cc(C)cc(C3CCCCC3)c2O)C(c2cc(C)cc(C3(C)CCCCC3)c2O)c2cc(C)cc(C3(C)CCCCC3)c2O)c1. The quantitative estimate of drug-likeness (QED) is 0.136. The number of phenols is 4. The lowest BCUT2D eigenvalue weighted by molar-refractivity contribution is 0.305. The van der Waals surface area contributed by atoms with Crippen LogP contribution in [0.2, 0.25) is 0 Å². The van der Waals surface area contributed by atoms with Gasteiger partial charge in [0.15, 0.2) is 0 Å². The van der Waals surface area contributed by atoms with Crippen LogP contribution in [0.25, 0.3) is 0 Å². The maximum absolute atomic E-state index is 13.1. The molecule has 0 radical (unpaired) electrons. The van der Waals surface area contributed by atoms with Crippen LogP contribution >= 0.6 is 0 Å². The van der Waals surface area contributed by atoms with Crippen molar-refractivity contribution in [3.63, 3.8) is 0 Å². The van der Waals surface area contributed by atoms with E-state index in [9.17, 15) is 20.4 Å². The van der Waals surface area contributed by atoms with Gasteiger partial charge in [-0.1, -0.05) is 162 Å². The molecule has 0 amide bonds. The third-order valence-electron chi connectivity index (χ3n) is 16.2. The molecule has 4 aliphatic rings. The zero-order valence-corrected chi connectivity index (χ0v) is 37.9. The number of phenolic OH excluding ortho intramolecular Hbond substituents is 4. The molecule has 4 fully saturated rings. The zero-order valence-electron chi connectivity index (χ0n) is 37.9. The van der Waals surface area contributed by atoms with Gasteiger partial charge in [-0.15, -0.1) is 0 Å². The number of rotatable bonds is 9. The Balaban J connectivity index is 1.48. The van der Waals surface area contributed by atoms with Crippen LogP contribution in [0.15, 0.2) is 48.5 Å². The smallest absolute Gasteiger partial charge is 0.123 e. The van der Waals surface area contributed by atoms with E-state index in [4.69, 9.17) is 0 Å². The van der Waals surface area contributed by atoms with Crippen molar-refractivity contribution >= 4 is 0 Å². The van der Waals surface area contributed by atoms with Crippen LogP contribution < -0.4 is 0 Å². The lowest BCUT2D eigenvalue weighted by Crippen LogP contribution is -2.27. The minimum Gasteiger partial charge on any atom is -0.507 e. The number of aromatic hydroxyl groups is 4. The Labute approximate surface area is 361 Å². The van der Waals surface area contributed by atoms with Crippen LogP contribution in [0.3, 0.4) is 0 Å². The fourth-order valence-electron chi connectivity index (χ4n) is 12.9. The van der Waals surface area contributed by atoms with Gasteiger partial charge in [-0.05, 0) is 113 Å². The molecule has 4 aromatic rings. The van der Waals surface area contributed by atoms with E-state index in [1.165, 1.54) is 25.7 Å². The lowest BCUT2D eigenvalue weighted by Gasteiger charge is -2.39. The molecule has 4 aromatic carbocycles. The summed E-state index contributed by atoms with van der Waals surface area (Å²) < 4.78 is 0. The van der Waals surface area contributed by atoms with Gasteiger partial charge in [0.25, 0.3) is 0 Å². The molecule has 60 heavy (non-hydrogen) atoms. The highest BCUT2D eigenvalue weighted by molar-refractivity contribution is 5.64. The third kappa shape index (κ3) is 8.23. The van der Waals surface area contributed by atoms with Crippen molar-refractivity contribution < 1.29 is 20.4 Å². The molecule has 0 atom stereocenters. The van der Waals surface area contributed by atoms with Crippen molar-refractivity contribution in [2.45, 2.75) is 204 Å². The van der Waals surface area contributed by atoms with E-state index in [1.807, 2.05) is 0 Å². The summed E-state index contributed by atoms with van der Waals surface area (Å²) in [6.45, 7) is 13.2. The Morgan fingerprint density at radius 3 is 1.00 bits per heavy atom. The molecule has 4 saturated carbocycles. The van der Waals surface area contributed by atoms with E-state index in [0.29, 0.717) is 23.0 Å². The van der Waals surface area contributed by atoms with Gasteiger partial charge in [0, 0.05) is 45.2 Å². The summed E-state index contributed by atoms with van der Waals surface area (Å²) in [5, 5.41) is 52.1. The van der Waals surface area contributed by atoms with E-state index in [2.05, 4.69) is 90.1 Å². The van der Waals surface area contributed by atoms with Crippen LogP contribution in [0, 0.1) is 27.7 Å². The van der Waals surface area contributed by atoms with Gasteiger partial charge >= 0.3 is 0 Å². The maximum atomic E-state index is 13.1. The fraction of sp³-hybridized carbons (Fsp3) is 0.571. The Morgan fingerprint density at radius 2 is 0.667 bits per heavy atom. The van der Waals surface area contributed by atoms with Gasteiger partial charge in [0.05, 0.1) is 0 Å². The first kappa shape index (κ1) is 42.8. The summed E-state index contributed by atoms with van der Waals surface area (Å²) in [7, 11) is 0. The van der Waals surface area contributed by atoms with Crippen LogP contribution in [-0.2, 0) is 10.8 Å². The van der Waals surface area contributed by atoms with Crippen LogP contribution in [0.5, 0.6) is 23.0 Å². The average Bonchev–Trinajstić information content (AvgIpc) is 3.24. The summed E-state index contributed by atoms with van der Waals surface area (Å²) in [5.41, 5.74) is 11.0. The van der Waals surface area contributed by atoms with E-state index in [1.54, 1.807) is 0 Å². The second kappa shape index (κ2) is 17.5. The molecule has 0 aromatic heterocycles. The molecule has 8 rings (SSSR count). The summed E-state index contributed by atoms with van der Waals surface area (Å²) in [6.07, 6.45) is 22.3. The van der Waals surface area contributed by atoms with E-state index < -0.39 is 11.8 Å². The highest BCUT2D eigenvalue weighted by Gasteiger charge is 2.42. The van der Waals surface area contributed by atoms with Crippen LogP contribution in [0.4, 0.5) is 0 Å². The van der Waals surface area contributed by atoms with Gasteiger partial charge in [0.1, 0.15) is 23.0 Å².